The highest BCUT2D eigenvalue weighted by molar-refractivity contribution is 6.30. The van der Waals surface area contributed by atoms with Crippen molar-refractivity contribution in [1.29, 1.82) is 0 Å². The van der Waals surface area contributed by atoms with Crippen molar-refractivity contribution in [2.45, 2.75) is 0 Å². The Morgan fingerprint density at radius 1 is 1.25 bits per heavy atom. The van der Waals surface area contributed by atoms with E-state index in [1.807, 2.05) is 12.1 Å². The van der Waals surface area contributed by atoms with Gasteiger partial charge in [0.15, 0.2) is 11.3 Å². The summed E-state index contributed by atoms with van der Waals surface area (Å²) in [5, 5.41) is 13.6. The molecule has 0 spiro atoms. The van der Waals surface area contributed by atoms with Crippen LogP contribution in [-0.4, -0.2) is 30.4 Å². The summed E-state index contributed by atoms with van der Waals surface area (Å²) in [5.74, 6) is -0.671. The number of aromatic nitrogens is 4. The molecule has 0 aliphatic heterocycles. The molecule has 0 saturated carbocycles. The third-order valence-electron chi connectivity index (χ3n) is 3.50. The summed E-state index contributed by atoms with van der Waals surface area (Å²) in [6, 6.07) is 8.91. The van der Waals surface area contributed by atoms with Gasteiger partial charge in [-0.25, -0.2) is 14.8 Å². The summed E-state index contributed by atoms with van der Waals surface area (Å²) in [6.45, 7) is 0. The van der Waals surface area contributed by atoms with Gasteiger partial charge in [-0.3, -0.25) is 9.38 Å². The van der Waals surface area contributed by atoms with E-state index in [4.69, 9.17) is 11.6 Å². The molecule has 1 aromatic carbocycles. The molecule has 0 amide bonds. The number of hydrogen-bond donors (Lipinski definition) is 2. The summed E-state index contributed by atoms with van der Waals surface area (Å²) in [4.78, 5) is 24.0. The standard InChI is InChI=1S/C16H10ClN5O2/c17-9-2-1-3-10(6-9)19-16-21-12-4-5-18-7-11(12)14-20-13(15(23)24)8-22(14)16/h1-8H,(H,19,21)(H,23,24). The van der Waals surface area contributed by atoms with E-state index < -0.39 is 5.97 Å². The number of imidazole rings is 1. The molecule has 0 radical (unpaired) electrons. The van der Waals surface area contributed by atoms with Crippen molar-refractivity contribution in [3.05, 3.63) is 59.6 Å². The van der Waals surface area contributed by atoms with Gasteiger partial charge in [0.25, 0.3) is 0 Å². The van der Waals surface area contributed by atoms with Gasteiger partial charge in [0.2, 0.25) is 5.95 Å². The summed E-state index contributed by atoms with van der Waals surface area (Å²) in [5.41, 5.74) is 1.79. The van der Waals surface area contributed by atoms with Crippen LogP contribution >= 0.6 is 11.6 Å². The topological polar surface area (TPSA) is 92.4 Å². The second-order valence-electron chi connectivity index (χ2n) is 5.09. The quantitative estimate of drug-likeness (QED) is 0.594. The minimum absolute atomic E-state index is 0.0673. The SMILES string of the molecule is O=C(O)c1cn2c(Nc3cccc(Cl)c3)nc3ccncc3c2n1. The first-order valence-electron chi connectivity index (χ1n) is 7.00. The number of nitrogens with zero attached hydrogens (tertiary/aromatic N) is 4. The molecule has 0 fully saturated rings. The molecule has 0 bridgehead atoms. The van der Waals surface area contributed by atoms with Crippen molar-refractivity contribution in [3.8, 4) is 0 Å². The molecule has 4 rings (SSSR count). The maximum Gasteiger partial charge on any atom is 0.356 e. The molecule has 3 heterocycles. The van der Waals surface area contributed by atoms with Gasteiger partial charge in [-0.1, -0.05) is 17.7 Å². The summed E-state index contributed by atoms with van der Waals surface area (Å²) in [7, 11) is 0. The van der Waals surface area contributed by atoms with Gasteiger partial charge >= 0.3 is 5.97 Å². The molecule has 118 valence electrons. The molecule has 7 nitrogen and oxygen atoms in total. The minimum Gasteiger partial charge on any atom is -0.476 e. The van der Waals surface area contributed by atoms with Crippen LogP contribution < -0.4 is 5.32 Å². The van der Waals surface area contributed by atoms with E-state index in [0.717, 1.165) is 5.69 Å². The number of carboxylic acid groups (broad SMARTS) is 1. The van der Waals surface area contributed by atoms with Crippen molar-refractivity contribution in [2.75, 3.05) is 5.32 Å². The molecular weight excluding hydrogens is 330 g/mol. The first kappa shape index (κ1) is 14.4. The maximum atomic E-state index is 11.3. The van der Waals surface area contributed by atoms with Crippen LogP contribution in [-0.2, 0) is 0 Å². The number of carboxylic acids is 1. The zero-order chi connectivity index (χ0) is 16.7. The van der Waals surface area contributed by atoms with Crippen LogP contribution in [0.25, 0.3) is 16.6 Å². The number of anilines is 2. The van der Waals surface area contributed by atoms with E-state index in [1.165, 1.54) is 6.20 Å². The predicted molar refractivity (Wildman–Crippen MR) is 90.0 cm³/mol. The summed E-state index contributed by atoms with van der Waals surface area (Å²) in [6.07, 6.45) is 4.65. The first-order valence-corrected chi connectivity index (χ1v) is 7.38. The van der Waals surface area contributed by atoms with Crippen LogP contribution in [0.3, 0.4) is 0 Å². The molecular formula is C16H10ClN5O2. The molecule has 0 aliphatic carbocycles. The van der Waals surface area contributed by atoms with E-state index in [0.29, 0.717) is 27.5 Å². The van der Waals surface area contributed by atoms with E-state index in [1.54, 1.807) is 35.0 Å². The maximum absolute atomic E-state index is 11.3. The van der Waals surface area contributed by atoms with Crippen molar-refractivity contribution < 1.29 is 9.90 Å². The van der Waals surface area contributed by atoms with Gasteiger partial charge in [0, 0.05) is 29.3 Å². The Bertz CT molecular complexity index is 1090. The van der Waals surface area contributed by atoms with Crippen LogP contribution in [0.1, 0.15) is 10.5 Å². The molecule has 3 aromatic heterocycles. The Morgan fingerprint density at radius 3 is 2.92 bits per heavy atom. The highest BCUT2D eigenvalue weighted by Crippen LogP contribution is 2.24. The van der Waals surface area contributed by atoms with E-state index in [-0.39, 0.29) is 5.69 Å². The number of nitrogens with one attached hydrogen (secondary N) is 1. The van der Waals surface area contributed by atoms with Gasteiger partial charge in [-0.15, -0.1) is 0 Å². The zero-order valence-corrected chi connectivity index (χ0v) is 12.9. The Balaban J connectivity index is 1.96. The highest BCUT2D eigenvalue weighted by Gasteiger charge is 2.15. The number of pyridine rings is 1. The van der Waals surface area contributed by atoms with E-state index in [9.17, 15) is 9.90 Å². The van der Waals surface area contributed by atoms with E-state index in [2.05, 4.69) is 20.3 Å². The van der Waals surface area contributed by atoms with Crippen molar-refractivity contribution in [3.63, 3.8) is 0 Å². The van der Waals surface area contributed by atoms with Gasteiger partial charge in [-0.05, 0) is 24.3 Å². The third-order valence-corrected chi connectivity index (χ3v) is 3.73. The van der Waals surface area contributed by atoms with Gasteiger partial charge < -0.3 is 10.4 Å². The lowest BCUT2D eigenvalue weighted by atomic mass is 10.3. The number of carbonyl (C=O) groups is 1. The molecule has 0 aliphatic rings. The average molecular weight is 340 g/mol. The lowest BCUT2D eigenvalue weighted by molar-refractivity contribution is 0.0691. The monoisotopic (exact) mass is 339 g/mol. The molecule has 8 heteroatoms. The second-order valence-corrected chi connectivity index (χ2v) is 5.52. The van der Waals surface area contributed by atoms with Gasteiger partial charge in [0.1, 0.15) is 0 Å². The number of aromatic carboxylic acids is 1. The number of halogens is 1. The van der Waals surface area contributed by atoms with Gasteiger partial charge in [-0.2, -0.15) is 0 Å². The fourth-order valence-electron chi connectivity index (χ4n) is 2.44. The Hall–Kier alpha value is -3.19. The number of benzene rings is 1. The fourth-order valence-corrected chi connectivity index (χ4v) is 2.63. The fraction of sp³-hybridized carbons (Fsp3) is 0. The zero-order valence-electron chi connectivity index (χ0n) is 12.1. The minimum atomic E-state index is -1.11. The summed E-state index contributed by atoms with van der Waals surface area (Å²) < 4.78 is 1.59. The summed E-state index contributed by atoms with van der Waals surface area (Å²) >= 11 is 6.00. The van der Waals surface area contributed by atoms with Crippen molar-refractivity contribution in [2.24, 2.45) is 0 Å². The Kier molecular flexibility index (Phi) is 3.28. The Labute approximate surface area is 140 Å². The number of fused-ring (bicyclic) bond motifs is 3. The number of rotatable bonds is 3. The highest BCUT2D eigenvalue weighted by atomic mass is 35.5. The van der Waals surface area contributed by atoms with Crippen LogP contribution in [0.2, 0.25) is 5.02 Å². The van der Waals surface area contributed by atoms with Crippen molar-refractivity contribution >= 4 is 45.8 Å². The molecule has 0 atom stereocenters. The van der Waals surface area contributed by atoms with Gasteiger partial charge in [0.05, 0.1) is 10.9 Å². The van der Waals surface area contributed by atoms with E-state index >= 15 is 0 Å². The molecule has 0 saturated heterocycles. The van der Waals surface area contributed by atoms with Crippen molar-refractivity contribution in [1.82, 2.24) is 19.4 Å². The largest absolute Gasteiger partial charge is 0.476 e. The lowest BCUT2D eigenvalue weighted by Crippen LogP contribution is -2.02. The predicted octanol–water partition coefficient (Wildman–Crippen LogP) is 3.37. The molecule has 4 aromatic rings. The number of hydrogen-bond acceptors (Lipinski definition) is 5. The first-order chi connectivity index (χ1) is 11.6. The lowest BCUT2D eigenvalue weighted by Gasteiger charge is -2.10. The Morgan fingerprint density at radius 2 is 2.12 bits per heavy atom. The average Bonchev–Trinajstić information content (AvgIpc) is 3.01. The molecule has 2 N–H and O–H groups in total. The second kappa shape index (κ2) is 5.47. The normalized spacial score (nSPS) is 11.0. The van der Waals surface area contributed by atoms with Crippen LogP contribution in [0, 0.1) is 0 Å². The molecule has 24 heavy (non-hydrogen) atoms. The molecule has 0 unspecified atom stereocenters. The smallest absolute Gasteiger partial charge is 0.356 e. The van der Waals surface area contributed by atoms with Crippen LogP contribution in [0.4, 0.5) is 11.6 Å². The van der Waals surface area contributed by atoms with Crippen LogP contribution in [0.15, 0.2) is 48.9 Å². The van der Waals surface area contributed by atoms with Crippen LogP contribution in [0.5, 0.6) is 0 Å². The third kappa shape index (κ3) is 2.40.